The second-order valence-corrected chi connectivity index (χ2v) is 8.44. The zero-order valence-corrected chi connectivity index (χ0v) is 17.5. The number of ether oxygens (including phenoxy) is 1. The van der Waals surface area contributed by atoms with Crippen molar-refractivity contribution in [2.45, 2.75) is 20.5 Å². The summed E-state index contributed by atoms with van der Waals surface area (Å²) in [5.41, 5.74) is 4.06. The maximum Gasteiger partial charge on any atom is 0.182 e. The van der Waals surface area contributed by atoms with Gasteiger partial charge in [0.15, 0.2) is 11.5 Å². The van der Waals surface area contributed by atoms with Gasteiger partial charge in [0, 0.05) is 10.4 Å². The maximum atomic E-state index is 6.14. The van der Waals surface area contributed by atoms with E-state index in [0.29, 0.717) is 23.2 Å². The maximum absolute atomic E-state index is 6.14. The molecule has 0 saturated heterocycles. The molecule has 0 spiro atoms. The molecule has 0 atom stereocenters. The van der Waals surface area contributed by atoms with Gasteiger partial charge in [0.1, 0.15) is 23.5 Å². The van der Waals surface area contributed by atoms with E-state index in [1.807, 2.05) is 48.5 Å². The number of aryl methyl sites for hydroxylation is 2. The number of rotatable bonds is 4. The second-order valence-electron chi connectivity index (χ2n) is 6.83. The predicted molar refractivity (Wildman–Crippen MR) is 117 cm³/mol. The molecule has 0 aliphatic carbocycles. The number of fused-ring (bicyclic) bond motifs is 3. The first-order valence-corrected chi connectivity index (χ1v) is 10.4. The number of benzene rings is 2. The van der Waals surface area contributed by atoms with Crippen LogP contribution in [0.3, 0.4) is 0 Å². The van der Waals surface area contributed by atoms with Crippen LogP contribution in [0.15, 0.2) is 54.9 Å². The normalized spacial score (nSPS) is 11.4. The van der Waals surface area contributed by atoms with E-state index in [1.54, 1.807) is 22.2 Å². The number of nitrogens with zero attached hydrogens (tertiary/aromatic N) is 4. The third-order valence-corrected chi connectivity index (χ3v) is 6.38. The van der Waals surface area contributed by atoms with E-state index in [4.69, 9.17) is 21.3 Å². The Labute approximate surface area is 176 Å². The molecule has 5 nitrogen and oxygen atoms in total. The fraction of sp³-hybridized carbons (Fsp3) is 0.136. The van der Waals surface area contributed by atoms with Gasteiger partial charge in [0.05, 0.1) is 10.4 Å². The van der Waals surface area contributed by atoms with Gasteiger partial charge in [0.25, 0.3) is 0 Å². The van der Waals surface area contributed by atoms with Crippen LogP contribution in [0, 0.1) is 13.8 Å². The number of aromatic nitrogens is 4. The molecular weight excluding hydrogens is 404 g/mol. The van der Waals surface area contributed by atoms with Crippen LogP contribution in [0.25, 0.3) is 27.3 Å². The molecule has 0 aliphatic rings. The molecule has 5 aromatic rings. The van der Waals surface area contributed by atoms with Crippen molar-refractivity contribution in [1.82, 2.24) is 19.6 Å². The highest BCUT2D eigenvalue weighted by Crippen LogP contribution is 2.31. The number of hydrogen-bond acceptors (Lipinski definition) is 5. The summed E-state index contributed by atoms with van der Waals surface area (Å²) in [6.07, 6.45) is 1.73. The molecule has 0 unspecified atom stereocenters. The van der Waals surface area contributed by atoms with E-state index in [0.717, 1.165) is 27.0 Å². The van der Waals surface area contributed by atoms with Crippen LogP contribution in [0.4, 0.5) is 0 Å². The lowest BCUT2D eigenvalue weighted by Crippen LogP contribution is -1.96. The van der Waals surface area contributed by atoms with Crippen LogP contribution in [0.1, 0.15) is 16.0 Å². The Balaban J connectivity index is 1.43. The van der Waals surface area contributed by atoms with Crippen LogP contribution in [0.5, 0.6) is 5.75 Å². The zero-order valence-electron chi connectivity index (χ0n) is 15.9. The summed E-state index contributed by atoms with van der Waals surface area (Å²) in [7, 11) is 0. The van der Waals surface area contributed by atoms with E-state index in [1.165, 1.54) is 10.4 Å². The van der Waals surface area contributed by atoms with Gasteiger partial charge in [-0.05, 0) is 37.1 Å². The molecule has 0 fully saturated rings. The van der Waals surface area contributed by atoms with Crippen molar-refractivity contribution in [2.75, 3.05) is 0 Å². The van der Waals surface area contributed by atoms with Crippen molar-refractivity contribution in [3.63, 3.8) is 0 Å². The van der Waals surface area contributed by atoms with E-state index in [-0.39, 0.29) is 0 Å². The van der Waals surface area contributed by atoms with Gasteiger partial charge in [-0.15, -0.1) is 16.4 Å². The highest BCUT2D eigenvalue weighted by atomic mass is 35.5. The summed E-state index contributed by atoms with van der Waals surface area (Å²) >= 11 is 7.83. The van der Waals surface area contributed by atoms with Gasteiger partial charge < -0.3 is 4.74 Å². The van der Waals surface area contributed by atoms with Gasteiger partial charge in [-0.2, -0.15) is 0 Å². The molecule has 5 rings (SSSR count). The Hall–Kier alpha value is -2.96. The van der Waals surface area contributed by atoms with Gasteiger partial charge in [-0.1, -0.05) is 48.0 Å². The lowest BCUT2D eigenvalue weighted by atomic mass is 10.1. The van der Waals surface area contributed by atoms with Gasteiger partial charge in [0.2, 0.25) is 0 Å². The highest BCUT2D eigenvalue weighted by Gasteiger charge is 2.15. The third kappa shape index (κ3) is 3.24. The average molecular weight is 421 g/mol. The Morgan fingerprint density at radius 3 is 2.66 bits per heavy atom. The Morgan fingerprint density at radius 2 is 1.86 bits per heavy atom. The first-order chi connectivity index (χ1) is 14.1. The second kappa shape index (κ2) is 7.13. The molecule has 29 heavy (non-hydrogen) atoms. The molecule has 0 amide bonds. The summed E-state index contributed by atoms with van der Waals surface area (Å²) in [6.45, 7) is 4.66. The number of para-hydroxylation sites is 1. The SMILES string of the molecule is Cc1sc2ncn3nc(-c4ccc(COc5ccccc5Cl)cc4)nc3c2c1C. The van der Waals surface area contributed by atoms with Crippen LogP contribution in [0.2, 0.25) is 5.02 Å². The fourth-order valence-corrected chi connectivity index (χ4v) is 4.42. The number of halogens is 1. The molecular formula is C22H17ClN4OS. The molecule has 3 heterocycles. The molecule has 0 aliphatic heterocycles. The van der Waals surface area contributed by atoms with E-state index < -0.39 is 0 Å². The van der Waals surface area contributed by atoms with Crippen molar-refractivity contribution < 1.29 is 4.74 Å². The molecule has 2 aromatic carbocycles. The van der Waals surface area contributed by atoms with Gasteiger partial charge in [-0.25, -0.2) is 14.5 Å². The highest BCUT2D eigenvalue weighted by molar-refractivity contribution is 7.18. The largest absolute Gasteiger partial charge is 0.487 e. The fourth-order valence-electron chi connectivity index (χ4n) is 3.24. The summed E-state index contributed by atoms with van der Waals surface area (Å²) < 4.78 is 7.56. The Morgan fingerprint density at radius 1 is 1.07 bits per heavy atom. The van der Waals surface area contributed by atoms with Crippen molar-refractivity contribution in [2.24, 2.45) is 0 Å². The molecule has 7 heteroatoms. The van der Waals surface area contributed by atoms with Crippen molar-refractivity contribution in [1.29, 1.82) is 0 Å². The molecule has 144 valence electrons. The Bertz CT molecular complexity index is 1340. The average Bonchev–Trinajstić information content (AvgIpc) is 3.29. The minimum absolute atomic E-state index is 0.445. The lowest BCUT2D eigenvalue weighted by molar-refractivity contribution is 0.306. The van der Waals surface area contributed by atoms with Crippen LogP contribution in [-0.2, 0) is 6.61 Å². The van der Waals surface area contributed by atoms with Gasteiger partial charge in [-0.3, -0.25) is 0 Å². The quantitative estimate of drug-likeness (QED) is 0.365. The number of thiophene rings is 1. The summed E-state index contributed by atoms with van der Waals surface area (Å²) in [6, 6.07) is 15.5. The van der Waals surface area contributed by atoms with Gasteiger partial charge >= 0.3 is 0 Å². The first kappa shape index (κ1) is 18.1. The minimum atomic E-state index is 0.445. The number of hydrogen-bond donors (Lipinski definition) is 0. The summed E-state index contributed by atoms with van der Waals surface area (Å²) in [5, 5.41) is 6.31. The molecule has 3 aromatic heterocycles. The van der Waals surface area contributed by atoms with Crippen LogP contribution >= 0.6 is 22.9 Å². The van der Waals surface area contributed by atoms with Crippen molar-refractivity contribution in [3.05, 3.63) is 75.9 Å². The standard InChI is InChI=1S/C22H17ClN4OS/c1-13-14(2)29-22-19(13)21-25-20(26-27(21)12-24-22)16-9-7-15(8-10-16)11-28-18-6-4-3-5-17(18)23/h3-10,12H,11H2,1-2H3. The predicted octanol–water partition coefficient (Wildman–Crippen LogP) is 5.86. The molecule has 0 radical (unpaired) electrons. The third-order valence-electron chi connectivity index (χ3n) is 4.95. The van der Waals surface area contributed by atoms with Crippen molar-refractivity contribution >= 4 is 38.8 Å². The zero-order chi connectivity index (χ0) is 20.0. The topological polar surface area (TPSA) is 52.3 Å². The van der Waals surface area contributed by atoms with E-state index in [9.17, 15) is 0 Å². The first-order valence-electron chi connectivity index (χ1n) is 9.18. The van der Waals surface area contributed by atoms with Crippen LogP contribution < -0.4 is 4.74 Å². The van der Waals surface area contributed by atoms with E-state index in [2.05, 4.69) is 23.9 Å². The van der Waals surface area contributed by atoms with Crippen LogP contribution in [-0.4, -0.2) is 19.6 Å². The summed E-state index contributed by atoms with van der Waals surface area (Å²) in [5.74, 6) is 1.36. The molecule has 0 N–H and O–H groups in total. The smallest absolute Gasteiger partial charge is 0.182 e. The molecule has 0 bridgehead atoms. The monoisotopic (exact) mass is 420 g/mol. The molecule has 0 saturated carbocycles. The van der Waals surface area contributed by atoms with E-state index >= 15 is 0 Å². The lowest BCUT2D eigenvalue weighted by Gasteiger charge is -2.08. The summed E-state index contributed by atoms with van der Waals surface area (Å²) in [4.78, 5) is 11.6. The Kier molecular flexibility index (Phi) is 4.45. The van der Waals surface area contributed by atoms with Crippen molar-refractivity contribution in [3.8, 4) is 17.1 Å². The minimum Gasteiger partial charge on any atom is -0.487 e.